The van der Waals surface area contributed by atoms with Crippen LogP contribution in [0.2, 0.25) is 20.5 Å². The number of benzene rings is 1. The first-order chi connectivity index (χ1) is 18.0. The molecule has 0 fully saturated rings. The van der Waals surface area contributed by atoms with Gasteiger partial charge in [-0.05, 0) is 70.0 Å². The van der Waals surface area contributed by atoms with E-state index in [4.69, 9.17) is 14.7 Å². The Hall–Kier alpha value is -2.33. The molecule has 0 aliphatic heterocycles. The highest BCUT2D eigenvalue weighted by molar-refractivity contribution is 6.63. The van der Waals surface area contributed by atoms with Gasteiger partial charge in [-0.25, -0.2) is 4.98 Å². The van der Waals surface area contributed by atoms with Gasteiger partial charge in [0.2, 0.25) is 0 Å². The molecule has 0 saturated carbocycles. The molecule has 1 aromatic carbocycles. The number of rotatable bonds is 10. The van der Waals surface area contributed by atoms with Crippen molar-refractivity contribution < 1.29 is 14.8 Å². The van der Waals surface area contributed by atoms with Crippen molar-refractivity contribution in [1.29, 1.82) is 0 Å². The van der Waals surface area contributed by atoms with Gasteiger partial charge in [0.1, 0.15) is 5.52 Å². The third-order valence-corrected chi connectivity index (χ3v) is 6.35. The summed E-state index contributed by atoms with van der Waals surface area (Å²) >= 11 is 0. The van der Waals surface area contributed by atoms with E-state index in [1.54, 1.807) is 30.6 Å². The number of pyridine rings is 1. The lowest BCUT2D eigenvalue weighted by Gasteiger charge is -2.36. The Bertz CT molecular complexity index is 1060. The average molecular weight is 506 g/mol. The van der Waals surface area contributed by atoms with E-state index >= 15 is 0 Å². The molecule has 1 unspecified atom stereocenters. The van der Waals surface area contributed by atoms with Crippen molar-refractivity contribution in [2.24, 2.45) is 0 Å². The van der Waals surface area contributed by atoms with Gasteiger partial charge in [0.25, 0.3) is 0 Å². The molecule has 0 spiro atoms. The molecule has 11 heteroatoms. The van der Waals surface area contributed by atoms with Gasteiger partial charge in [-0.2, -0.15) is 4.73 Å². The molecule has 1 aliphatic rings. The maximum atomic E-state index is 10.2. The van der Waals surface area contributed by atoms with Crippen LogP contribution in [0.15, 0.2) is 42.6 Å². The highest BCUT2D eigenvalue weighted by Crippen LogP contribution is 2.34. The smallest absolute Gasteiger partial charge is 0.405 e. The van der Waals surface area contributed by atoms with Gasteiger partial charge in [-0.1, -0.05) is 45.9 Å². The first kappa shape index (κ1) is 30.9. The quantitative estimate of drug-likeness (QED) is 0.403. The number of aromatic nitrogens is 3. The largest absolute Gasteiger partial charge is 0.488 e. The normalized spacial score (nSPS) is 14.3. The molecule has 2 aromatic heterocycles. The van der Waals surface area contributed by atoms with Crippen LogP contribution in [0.25, 0.3) is 11.0 Å². The fraction of sp³-hybridized carbons (Fsp3) is 0.538. The number of hydrogen-bond acceptors (Lipinski definition) is 7. The molecule has 199 valence electrons. The van der Waals surface area contributed by atoms with Crippen LogP contribution in [-0.2, 0) is 13.0 Å². The van der Waals surface area contributed by atoms with Crippen LogP contribution >= 0.6 is 0 Å². The number of para-hydroxylation sites is 2. The Morgan fingerprint density at radius 1 is 1.05 bits per heavy atom. The second-order valence-electron chi connectivity index (χ2n) is 8.58. The van der Waals surface area contributed by atoms with E-state index in [0.717, 1.165) is 41.8 Å². The molecule has 0 saturated heterocycles. The van der Waals surface area contributed by atoms with Crippen molar-refractivity contribution in [2.75, 3.05) is 13.1 Å². The summed E-state index contributed by atoms with van der Waals surface area (Å²) in [6.07, 6.45) is 4.98. The van der Waals surface area contributed by atoms with E-state index in [0.29, 0.717) is 19.6 Å². The fourth-order valence-electron chi connectivity index (χ4n) is 4.77. The van der Waals surface area contributed by atoms with Crippen molar-refractivity contribution in [1.82, 2.24) is 24.3 Å². The predicted molar refractivity (Wildman–Crippen MR) is 155 cm³/mol. The van der Waals surface area contributed by atoms with Crippen LogP contribution in [0.5, 0.6) is 0 Å². The minimum Gasteiger partial charge on any atom is -0.488 e. The molecule has 1 radical (unpaired) electrons. The summed E-state index contributed by atoms with van der Waals surface area (Å²) in [6, 6.07) is 12.2. The summed E-state index contributed by atoms with van der Waals surface area (Å²) in [6.45, 7) is 14.9. The minimum absolute atomic E-state index is 0.124. The highest BCUT2D eigenvalue weighted by atomic mass is 16.6. The molecule has 2 N–H and O–H groups in total. The minimum atomic E-state index is -0.744. The molecular weight excluding hydrogens is 463 g/mol. The zero-order valence-corrected chi connectivity index (χ0v) is 23.6. The highest BCUT2D eigenvalue weighted by Gasteiger charge is 2.31. The summed E-state index contributed by atoms with van der Waals surface area (Å²) in [5.41, 5.74) is 4.19. The lowest BCUT2D eigenvalue weighted by atomic mass is 9.69. The third kappa shape index (κ3) is 7.83. The Morgan fingerprint density at radius 2 is 1.76 bits per heavy atom. The molecule has 4 rings (SSSR count). The van der Waals surface area contributed by atoms with Crippen LogP contribution < -0.4 is 4.76 Å². The molecule has 0 bridgehead atoms. The van der Waals surface area contributed by atoms with Gasteiger partial charge in [0, 0.05) is 12.7 Å². The number of aryl methyl sites for hydroxylation is 1. The van der Waals surface area contributed by atoms with E-state index in [2.05, 4.69) is 11.0 Å². The van der Waals surface area contributed by atoms with E-state index in [9.17, 15) is 10.0 Å². The summed E-state index contributed by atoms with van der Waals surface area (Å²) in [7, 11) is 0.166. The van der Waals surface area contributed by atoms with Gasteiger partial charge in [0.05, 0.1) is 23.8 Å². The fourth-order valence-corrected chi connectivity index (χ4v) is 4.77. The van der Waals surface area contributed by atoms with Crippen LogP contribution in [0.1, 0.15) is 63.7 Å². The molecule has 37 heavy (non-hydrogen) atoms. The van der Waals surface area contributed by atoms with Gasteiger partial charge in [-0.15, -0.1) is 0 Å². The van der Waals surface area contributed by atoms with Gasteiger partial charge < -0.3 is 19.5 Å². The lowest BCUT2D eigenvalue weighted by molar-refractivity contribution is 0.145. The average Bonchev–Trinajstić information content (AvgIpc) is 3.27. The summed E-state index contributed by atoms with van der Waals surface area (Å²) in [5.74, 6) is 0.804. The van der Waals surface area contributed by atoms with E-state index < -0.39 is 14.1 Å². The Kier molecular flexibility index (Phi) is 13.2. The predicted octanol–water partition coefficient (Wildman–Crippen LogP) is 3.98. The molecule has 8 nitrogen and oxygen atoms in total. The second-order valence-corrected chi connectivity index (χ2v) is 8.58. The van der Waals surface area contributed by atoms with Gasteiger partial charge in [-0.3, -0.25) is 9.88 Å². The summed E-state index contributed by atoms with van der Waals surface area (Å²) in [5, 5.41) is 20.3. The van der Waals surface area contributed by atoms with Gasteiger partial charge >= 0.3 is 21.6 Å². The van der Waals surface area contributed by atoms with E-state index in [-0.39, 0.29) is 6.04 Å². The van der Waals surface area contributed by atoms with E-state index in [1.807, 2.05) is 71.0 Å². The van der Waals surface area contributed by atoms with Crippen molar-refractivity contribution in [3.8, 4) is 0 Å². The molecule has 2 heterocycles. The standard InChI is InChI=1S/C22H31B3N5O3.2C2H6/c1-23-33-30-19-11-5-4-10-18(19)27-21(30)16-28(14-15-29(24(2)31)25(3)32)20-12-6-8-17-9-7-13-26-22(17)20;2*1-2/h4-5,7,9-11,13,20,31-32H,6,8,12,14-16H2,1-3H3;2*1-2H3. The first-order valence-electron chi connectivity index (χ1n) is 13.7. The van der Waals surface area contributed by atoms with Crippen LogP contribution in [0.3, 0.4) is 0 Å². The van der Waals surface area contributed by atoms with Crippen LogP contribution in [0.4, 0.5) is 0 Å². The third-order valence-electron chi connectivity index (χ3n) is 6.35. The SMILES string of the molecule is CC.CC.C[B]On1c(CN(CCN(B(C)O)B(C)O)C2CCCc3cccnc32)nc2ccccc21. The molecule has 3 aromatic rings. The van der Waals surface area contributed by atoms with Crippen LogP contribution in [0, 0.1) is 0 Å². The summed E-state index contributed by atoms with van der Waals surface area (Å²) in [4.78, 5) is 12.0. The van der Waals surface area contributed by atoms with Crippen molar-refractivity contribution in [2.45, 2.75) is 80.0 Å². The topological polar surface area (TPSA) is 86.9 Å². The van der Waals surface area contributed by atoms with Crippen molar-refractivity contribution in [3.63, 3.8) is 0 Å². The Balaban J connectivity index is 0.00000115. The summed E-state index contributed by atoms with van der Waals surface area (Å²) < 4.78 is 9.30. The number of hydrogen-bond donors (Lipinski definition) is 2. The zero-order chi connectivity index (χ0) is 27.4. The lowest BCUT2D eigenvalue weighted by Crippen LogP contribution is -2.50. The first-order valence-corrected chi connectivity index (χ1v) is 13.7. The van der Waals surface area contributed by atoms with Crippen molar-refractivity contribution >= 4 is 32.6 Å². The van der Waals surface area contributed by atoms with Crippen molar-refractivity contribution in [3.05, 3.63) is 59.7 Å². The van der Waals surface area contributed by atoms with E-state index in [1.165, 1.54) is 5.56 Å². The Morgan fingerprint density at radius 3 is 2.43 bits per heavy atom. The second kappa shape index (κ2) is 15.8. The van der Waals surface area contributed by atoms with Gasteiger partial charge in [0.15, 0.2) is 5.82 Å². The zero-order valence-electron chi connectivity index (χ0n) is 23.6. The maximum Gasteiger partial charge on any atom is 0.405 e. The molecular formula is C26H43B3N5O3. The molecule has 0 amide bonds. The Labute approximate surface area is 224 Å². The monoisotopic (exact) mass is 506 g/mol. The van der Waals surface area contributed by atoms with Crippen LogP contribution in [-0.4, -0.2) is 69.0 Å². The number of imidazole rings is 1. The molecule has 1 atom stereocenters. The number of fused-ring (bicyclic) bond motifs is 2. The molecule has 1 aliphatic carbocycles. The number of nitrogens with zero attached hydrogens (tertiary/aromatic N) is 5. The maximum absolute atomic E-state index is 10.2.